The summed E-state index contributed by atoms with van der Waals surface area (Å²) in [6, 6.07) is 25.4. The molecular formula is C58H62Br2O15. The second-order valence-electron chi connectivity index (χ2n) is 19.1. The Morgan fingerprint density at radius 2 is 1.07 bits per heavy atom. The largest absolute Gasteiger partial charge is 0.497 e. The van der Waals surface area contributed by atoms with E-state index in [0.717, 1.165) is 24.0 Å². The van der Waals surface area contributed by atoms with E-state index in [9.17, 15) is 28.8 Å². The van der Waals surface area contributed by atoms with E-state index in [1.165, 1.54) is 25.3 Å². The molecular weight excluding hydrogens is 1100 g/mol. The minimum Gasteiger partial charge on any atom is -0.497 e. The van der Waals surface area contributed by atoms with Gasteiger partial charge in [0, 0.05) is 33.5 Å². The van der Waals surface area contributed by atoms with Crippen LogP contribution in [0.25, 0.3) is 16.8 Å². The number of methoxy groups -OCH3 is 3. The first-order valence-electron chi connectivity index (χ1n) is 24.5. The number of halogens is 2. The molecule has 0 aliphatic carbocycles. The van der Waals surface area contributed by atoms with Crippen LogP contribution >= 0.6 is 31.9 Å². The lowest BCUT2D eigenvalue weighted by atomic mass is 9.82. The van der Waals surface area contributed by atoms with Gasteiger partial charge in [0.25, 0.3) is 0 Å². The molecule has 75 heavy (non-hydrogen) atoms. The number of hydrogen-bond acceptors (Lipinski definition) is 15. The molecule has 15 nitrogen and oxygen atoms in total. The quantitative estimate of drug-likeness (QED) is 0.0198. The number of alkyl halides is 2. The summed E-state index contributed by atoms with van der Waals surface area (Å²) in [5, 5.41) is 0.769. The fourth-order valence-corrected chi connectivity index (χ4v) is 10.0. The number of unbranched alkanes of at least 4 members (excludes halogenated alkanes) is 2. The van der Waals surface area contributed by atoms with Crippen LogP contribution in [0, 0.1) is 10.8 Å². The number of ether oxygens (including phenoxy) is 9. The Balaban J connectivity index is 1.42. The number of esters is 6. The van der Waals surface area contributed by atoms with E-state index >= 15 is 0 Å². The van der Waals surface area contributed by atoms with E-state index in [1.807, 2.05) is 62.4 Å². The van der Waals surface area contributed by atoms with Crippen molar-refractivity contribution < 1.29 is 71.4 Å². The normalized spacial score (nSPS) is 13.5. The zero-order chi connectivity index (χ0) is 54.7. The summed E-state index contributed by atoms with van der Waals surface area (Å²) in [6.45, 7) is 10.7. The van der Waals surface area contributed by atoms with Crippen molar-refractivity contribution in [1.82, 2.24) is 0 Å². The van der Waals surface area contributed by atoms with Crippen LogP contribution in [0.1, 0.15) is 117 Å². The Labute approximate surface area is 453 Å². The highest BCUT2D eigenvalue weighted by Crippen LogP contribution is 2.50. The molecule has 6 rings (SSSR count). The van der Waals surface area contributed by atoms with Gasteiger partial charge in [0.2, 0.25) is 0 Å². The number of hydrogen-bond donors (Lipinski definition) is 0. The minimum absolute atomic E-state index is 0.0235. The summed E-state index contributed by atoms with van der Waals surface area (Å²) in [5.74, 6) is -3.63. The van der Waals surface area contributed by atoms with Gasteiger partial charge < -0.3 is 42.6 Å². The smallest absolute Gasteiger partial charge is 0.343 e. The Hall–Kier alpha value is -6.72. The van der Waals surface area contributed by atoms with Crippen LogP contribution in [0.5, 0.6) is 34.5 Å². The van der Waals surface area contributed by atoms with Crippen LogP contribution in [0.15, 0.2) is 97.1 Å². The molecule has 1 aliphatic heterocycles. The number of carbonyl (C=O) groups excluding carboxylic acids is 6. The molecule has 5 aromatic rings. The van der Waals surface area contributed by atoms with Gasteiger partial charge in [-0.1, -0.05) is 107 Å². The summed E-state index contributed by atoms with van der Waals surface area (Å²) < 4.78 is 52.2. The lowest BCUT2D eigenvalue weighted by Gasteiger charge is -2.37. The third-order valence-electron chi connectivity index (χ3n) is 12.5. The Kier molecular flexibility index (Phi) is 19.3. The first-order chi connectivity index (χ1) is 35.7. The molecule has 0 spiro atoms. The van der Waals surface area contributed by atoms with Gasteiger partial charge in [-0.3, -0.25) is 19.2 Å². The highest BCUT2D eigenvalue weighted by molar-refractivity contribution is 9.10. The first-order valence-corrected chi connectivity index (χ1v) is 26.3. The van der Waals surface area contributed by atoms with Crippen LogP contribution < -0.4 is 28.4 Å². The van der Waals surface area contributed by atoms with E-state index in [2.05, 4.69) is 31.9 Å². The summed E-state index contributed by atoms with van der Waals surface area (Å²) >= 11 is 6.71. The molecule has 1 heterocycles. The van der Waals surface area contributed by atoms with Crippen LogP contribution in [0.3, 0.4) is 0 Å². The van der Waals surface area contributed by atoms with Crippen LogP contribution in [-0.2, 0) is 39.0 Å². The molecule has 0 radical (unpaired) electrons. The van der Waals surface area contributed by atoms with Crippen molar-refractivity contribution in [2.45, 2.75) is 95.3 Å². The molecule has 2 unspecified atom stereocenters. The average Bonchev–Trinajstić information content (AvgIpc) is 3.40. The van der Waals surface area contributed by atoms with Crippen molar-refractivity contribution in [2.24, 2.45) is 10.8 Å². The van der Waals surface area contributed by atoms with Gasteiger partial charge in [-0.25, -0.2) is 9.59 Å². The molecule has 1 aliphatic rings. The standard InChI is InChI=1S/C58H62Br2O15/c1-10-12-28-70-51(62)45(59)33-56(3,4)54(65)72-40-30-35(31-41(32-40)73-55(66)57(5,6)34-46(60)52(63)71-29-13-11-2)50(61)74-49-43-17-15-14-16-42(43)48-44(47(49)53(64)69-9)26-27-58(75-48,36-18-22-38(67-7)23-19-36)37-20-24-39(68-8)25-21-37/h14-27,30-32,45-46H,10-13,28-29,33-34H2,1-9H3. The second-order valence-corrected chi connectivity index (χ2v) is 21.3. The summed E-state index contributed by atoms with van der Waals surface area (Å²) in [7, 11) is 4.35. The molecule has 17 heteroatoms. The van der Waals surface area contributed by atoms with Gasteiger partial charge in [0.05, 0.1) is 50.9 Å². The third-order valence-corrected chi connectivity index (χ3v) is 13.9. The highest BCUT2D eigenvalue weighted by atomic mass is 79.9. The van der Waals surface area contributed by atoms with Gasteiger partial charge in [0.1, 0.15) is 44.0 Å². The molecule has 0 fully saturated rings. The zero-order valence-corrected chi connectivity index (χ0v) is 46.7. The predicted molar refractivity (Wildman–Crippen MR) is 288 cm³/mol. The molecule has 0 bridgehead atoms. The van der Waals surface area contributed by atoms with Crippen LogP contribution in [-0.4, -0.2) is 80.0 Å². The van der Waals surface area contributed by atoms with Crippen molar-refractivity contribution in [1.29, 1.82) is 0 Å². The van der Waals surface area contributed by atoms with Gasteiger partial charge in [0.15, 0.2) is 11.4 Å². The van der Waals surface area contributed by atoms with Crippen LogP contribution in [0.2, 0.25) is 0 Å². The van der Waals surface area contributed by atoms with E-state index < -0.39 is 61.9 Å². The molecule has 0 amide bonds. The van der Waals surface area contributed by atoms with Crippen molar-refractivity contribution >= 4 is 84.5 Å². The lowest BCUT2D eigenvalue weighted by Crippen LogP contribution is -2.35. The van der Waals surface area contributed by atoms with E-state index in [0.29, 0.717) is 35.1 Å². The van der Waals surface area contributed by atoms with Gasteiger partial charge in [-0.05, 0) is 102 Å². The van der Waals surface area contributed by atoms with E-state index in [4.69, 9.17) is 42.6 Å². The van der Waals surface area contributed by atoms with Crippen molar-refractivity contribution in [3.8, 4) is 34.5 Å². The molecule has 0 saturated carbocycles. The van der Waals surface area contributed by atoms with Crippen LogP contribution in [0.4, 0.5) is 0 Å². The van der Waals surface area contributed by atoms with Gasteiger partial charge >= 0.3 is 35.8 Å². The van der Waals surface area contributed by atoms with Gasteiger partial charge in [-0.15, -0.1) is 0 Å². The second kappa shape index (κ2) is 25.2. The number of benzene rings is 5. The molecule has 5 aromatic carbocycles. The van der Waals surface area contributed by atoms with Gasteiger partial charge in [-0.2, -0.15) is 0 Å². The Morgan fingerprint density at radius 1 is 0.600 bits per heavy atom. The number of carbonyl (C=O) groups is 6. The van der Waals surface area contributed by atoms with Crippen molar-refractivity contribution in [3.63, 3.8) is 0 Å². The molecule has 0 aromatic heterocycles. The third kappa shape index (κ3) is 13.6. The van der Waals surface area contributed by atoms with E-state index in [-0.39, 0.29) is 65.7 Å². The van der Waals surface area contributed by atoms with Crippen molar-refractivity contribution in [3.05, 3.63) is 125 Å². The molecule has 0 N–H and O–H groups in total. The molecule has 0 saturated heterocycles. The Morgan fingerprint density at radius 3 is 1.51 bits per heavy atom. The van der Waals surface area contributed by atoms with E-state index in [1.54, 1.807) is 78.3 Å². The average molecular weight is 1160 g/mol. The number of rotatable bonds is 23. The highest BCUT2D eigenvalue weighted by Gasteiger charge is 2.42. The lowest BCUT2D eigenvalue weighted by molar-refractivity contribution is -0.148. The maximum Gasteiger partial charge on any atom is 0.343 e. The maximum atomic E-state index is 14.8. The number of fused-ring (bicyclic) bond motifs is 3. The first kappa shape index (κ1) is 57.6. The summed E-state index contributed by atoms with van der Waals surface area (Å²) in [6.07, 6.45) is 6.48. The van der Waals surface area contributed by atoms with Crippen molar-refractivity contribution in [2.75, 3.05) is 34.5 Å². The minimum atomic E-state index is -1.30. The fourth-order valence-electron chi connectivity index (χ4n) is 8.12. The Bertz CT molecular complexity index is 2800. The zero-order valence-electron chi connectivity index (χ0n) is 43.5. The topological polar surface area (TPSA) is 185 Å². The maximum absolute atomic E-state index is 14.8. The molecule has 2 atom stereocenters. The summed E-state index contributed by atoms with van der Waals surface area (Å²) in [5.41, 5.74) is -2.53. The monoisotopic (exact) mass is 1160 g/mol. The SMILES string of the molecule is CCCCOC(=O)C(Br)CC(C)(C)C(=O)Oc1cc(OC(=O)C(C)(C)CC(Br)C(=O)OCCCC)cc(C(=O)Oc2c(C(=O)OC)c3c(c4ccccc24)OC(c2ccc(OC)cc2)(c2ccc(OC)cc2)C=C3)c1. The fraction of sp³-hybridized carbons (Fsp3) is 0.379. The molecule has 398 valence electrons. The summed E-state index contributed by atoms with van der Waals surface area (Å²) in [4.78, 5) is 80.6. The predicted octanol–water partition coefficient (Wildman–Crippen LogP) is 12.1.